The van der Waals surface area contributed by atoms with Gasteiger partial charge in [0.1, 0.15) is 11.5 Å². The van der Waals surface area contributed by atoms with Crippen LogP contribution < -0.4 is 20.3 Å². The van der Waals surface area contributed by atoms with Gasteiger partial charge in [-0.2, -0.15) is 0 Å². The van der Waals surface area contributed by atoms with Crippen molar-refractivity contribution in [3.8, 4) is 11.5 Å². The van der Waals surface area contributed by atoms with Crippen molar-refractivity contribution in [1.29, 1.82) is 0 Å². The summed E-state index contributed by atoms with van der Waals surface area (Å²) < 4.78 is 11.8. The zero-order chi connectivity index (χ0) is 21.6. The van der Waals surface area contributed by atoms with Crippen LogP contribution in [0, 0.1) is 6.92 Å². The van der Waals surface area contributed by atoms with Gasteiger partial charge in [-0.3, -0.25) is 20.4 Å². The molecular formula is C21H24BrClN2O4. The van der Waals surface area contributed by atoms with Crippen molar-refractivity contribution in [2.45, 2.75) is 39.7 Å². The molecule has 0 radical (unpaired) electrons. The van der Waals surface area contributed by atoms with E-state index < -0.39 is 17.9 Å². The molecule has 1 atom stereocenters. The van der Waals surface area contributed by atoms with E-state index in [1.807, 2.05) is 25.1 Å². The number of ether oxygens (including phenoxy) is 2. The van der Waals surface area contributed by atoms with E-state index in [1.54, 1.807) is 25.1 Å². The van der Waals surface area contributed by atoms with Gasteiger partial charge in [0.15, 0.2) is 12.7 Å². The van der Waals surface area contributed by atoms with Gasteiger partial charge in [-0.15, -0.1) is 0 Å². The lowest BCUT2D eigenvalue weighted by molar-refractivity contribution is -0.133. The number of hydrazine groups is 1. The molecular weight excluding hydrogens is 460 g/mol. The van der Waals surface area contributed by atoms with Crippen LogP contribution in [0.4, 0.5) is 0 Å². The van der Waals surface area contributed by atoms with Crippen molar-refractivity contribution in [1.82, 2.24) is 10.9 Å². The smallest absolute Gasteiger partial charge is 0.279 e. The number of rotatable bonds is 7. The summed E-state index contributed by atoms with van der Waals surface area (Å²) >= 11 is 9.21. The van der Waals surface area contributed by atoms with Crippen molar-refractivity contribution in [2.24, 2.45) is 0 Å². The van der Waals surface area contributed by atoms with Gasteiger partial charge in [0, 0.05) is 5.02 Å². The van der Waals surface area contributed by atoms with Crippen molar-refractivity contribution in [2.75, 3.05) is 6.61 Å². The average molecular weight is 484 g/mol. The summed E-state index contributed by atoms with van der Waals surface area (Å²) in [6.45, 7) is 7.41. The highest BCUT2D eigenvalue weighted by atomic mass is 79.9. The molecule has 156 valence electrons. The summed E-state index contributed by atoms with van der Waals surface area (Å²) in [6.07, 6.45) is -0.835. The van der Waals surface area contributed by atoms with E-state index in [0.717, 1.165) is 11.1 Å². The number of carbonyl (C=O) groups excluding carboxylic acids is 2. The van der Waals surface area contributed by atoms with Crippen LogP contribution in [0.2, 0.25) is 5.02 Å². The molecule has 8 heteroatoms. The fraction of sp³-hybridized carbons (Fsp3) is 0.333. The van der Waals surface area contributed by atoms with Gasteiger partial charge >= 0.3 is 0 Å². The maximum atomic E-state index is 12.2. The van der Waals surface area contributed by atoms with E-state index >= 15 is 0 Å². The lowest BCUT2D eigenvalue weighted by atomic mass is 10.0. The molecule has 0 fully saturated rings. The molecule has 1 unspecified atom stereocenters. The lowest BCUT2D eigenvalue weighted by Gasteiger charge is -2.17. The monoisotopic (exact) mass is 482 g/mol. The zero-order valence-corrected chi connectivity index (χ0v) is 19.1. The van der Waals surface area contributed by atoms with Crippen molar-refractivity contribution in [3.05, 3.63) is 57.0 Å². The Kier molecular flexibility index (Phi) is 8.34. The van der Waals surface area contributed by atoms with Crippen molar-refractivity contribution < 1.29 is 19.1 Å². The highest BCUT2D eigenvalue weighted by Gasteiger charge is 2.17. The second-order valence-corrected chi connectivity index (χ2v) is 8.15. The van der Waals surface area contributed by atoms with Gasteiger partial charge < -0.3 is 9.47 Å². The Balaban J connectivity index is 1.84. The van der Waals surface area contributed by atoms with Gasteiger partial charge in [0.25, 0.3) is 11.8 Å². The molecule has 0 spiro atoms. The summed E-state index contributed by atoms with van der Waals surface area (Å²) in [4.78, 5) is 24.2. The molecule has 0 aliphatic rings. The van der Waals surface area contributed by atoms with E-state index in [1.165, 1.54) is 0 Å². The second kappa shape index (κ2) is 10.5. The first-order valence-electron chi connectivity index (χ1n) is 9.11. The highest BCUT2D eigenvalue weighted by Crippen LogP contribution is 2.29. The Labute approximate surface area is 184 Å². The predicted octanol–water partition coefficient (Wildman–Crippen LogP) is 4.53. The normalized spacial score (nSPS) is 11.7. The molecule has 2 aromatic rings. The summed E-state index contributed by atoms with van der Waals surface area (Å²) in [7, 11) is 0. The van der Waals surface area contributed by atoms with Gasteiger partial charge in [-0.25, -0.2) is 0 Å². The van der Waals surface area contributed by atoms with E-state index in [0.29, 0.717) is 21.0 Å². The molecule has 0 saturated heterocycles. The first-order chi connectivity index (χ1) is 13.7. The van der Waals surface area contributed by atoms with Crippen LogP contribution in [0.3, 0.4) is 0 Å². The molecule has 29 heavy (non-hydrogen) atoms. The fourth-order valence-corrected chi connectivity index (χ4v) is 3.25. The minimum absolute atomic E-state index is 0.221. The minimum atomic E-state index is -0.835. The number of benzene rings is 2. The fourth-order valence-electron chi connectivity index (χ4n) is 2.47. The molecule has 2 N–H and O–H groups in total. The number of amides is 2. The Bertz CT molecular complexity index is 889. The maximum absolute atomic E-state index is 12.2. The average Bonchev–Trinajstić information content (AvgIpc) is 2.66. The van der Waals surface area contributed by atoms with Crippen LogP contribution in [0.5, 0.6) is 11.5 Å². The number of carbonyl (C=O) groups is 2. The van der Waals surface area contributed by atoms with Crippen LogP contribution in [-0.4, -0.2) is 24.5 Å². The topological polar surface area (TPSA) is 76.7 Å². The van der Waals surface area contributed by atoms with Crippen molar-refractivity contribution >= 4 is 39.3 Å². The molecule has 0 aromatic heterocycles. The third-order valence-corrected chi connectivity index (χ3v) is 4.90. The van der Waals surface area contributed by atoms with Crippen LogP contribution >= 0.6 is 27.5 Å². The third kappa shape index (κ3) is 6.94. The highest BCUT2D eigenvalue weighted by molar-refractivity contribution is 9.10. The molecule has 6 nitrogen and oxygen atoms in total. The minimum Gasteiger partial charge on any atom is -0.483 e. The van der Waals surface area contributed by atoms with Crippen molar-refractivity contribution in [3.63, 3.8) is 0 Å². The van der Waals surface area contributed by atoms with Crippen LogP contribution in [0.15, 0.2) is 40.9 Å². The van der Waals surface area contributed by atoms with Gasteiger partial charge in [0.2, 0.25) is 0 Å². The Morgan fingerprint density at radius 3 is 2.45 bits per heavy atom. The zero-order valence-electron chi connectivity index (χ0n) is 16.7. The molecule has 2 amide bonds. The van der Waals surface area contributed by atoms with E-state index in [4.69, 9.17) is 21.1 Å². The number of aryl methyl sites for hydroxylation is 1. The lowest BCUT2D eigenvalue weighted by Crippen LogP contribution is -2.48. The number of hydrogen-bond donors (Lipinski definition) is 2. The largest absolute Gasteiger partial charge is 0.483 e. The van der Waals surface area contributed by atoms with Gasteiger partial charge in [-0.05, 0) is 71.1 Å². The number of nitrogens with one attached hydrogen (secondary N) is 2. The standard InChI is InChI=1S/C21H24BrClN2O4/c1-12(2)16-7-5-13(3)9-19(16)28-11-20(26)24-25-21(27)14(4)29-18-8-6-15(23)10-17(18)22/h5-10,12,14H,11H2,1-4H3,(H,24,26)(H,25,27). The first kappa shape index (κ1) is 23.0. The predicted molar refractivity (Wildman–Crippen MR) is 116 cm³/mol. The van der Waals surface area contributed by atoms with Gasteiger partial charge in [0.05, 0.1) is 4.47 Å². The summed E-state index contributed by atoms with van der Waals surface area (Å²) in [5.74, 6) is 0.407. The van der Waals surface area contributed by atoms with E-state index in [2.05, 4.69) is 40.6 Å². The molecule has 0 aliphatic heterocycles. The Morgan fingerprint density at radius 2 is 1.79 bits per heavy atom. The summed E-state index contributed by atoms with van der Waals surface area (Å²) in [5.41, 5.74) is 6.72. The molecule has 0 heterocycles. The first-order valence-corrected chi connectivity index (χ1v) is 10.3. The number of halogens is 2. The number of hydrogen-bond acceptors (Lipinski definition) is 4. The van der Waals surface area contributed by atoms with Gasteiger partial charge in [-0.1, -0.05) is 37.6 Å². The summed E-state index contributed by atoms with van der Waals surface area (Å²) in [5, 5.41) is 0.544. The van der Waals surface area contributed by atoms with Crippen LogP contribution in [0.25, 0.3) is 0 Å². The summed E-state index contributed by atoms with van der Waals surface area (Å²) in [6, 6.07) is 10.9. The quantitative estimate of drug-likeness (QED) is 0.567. The van der Waals surface area contributed by atoms with Crippen LogP contribution in [0.1, 0.15) is 37.8 Å². The van der Waals surface area contributed by atoms with Crippen LogP contribution in [-0.2, 0) is 9.59 Å². The SMILES string of the molecule is Cc1ccc(C(C)C)c(OCC(=O)NNC(=O)C(C)Oc2ccc(Cl)cc2Br)c1. The molecule has 0 saturated carbocycles. The Hall–Kier alpha value is -2.25. The molecule has 2 aromatic carbocycles. The maximum Gasteiger partial charge on any atom is 0.279 e. The van der Waals surface area contributed by atoms with E-state index in [-0.39, 0.29) is 12.5 Å². The Morgan fingerprint density at radius 1 is 1.07 bits per heavy atom. The second-order valence-electron chi connectivity index (χ2n) is 6.86. The third-order valence-electron chi connectivity index (χ3n) is 4.04. The molecule has 0 bridgehead atoms. The molecule has 0 aliphatic carbocycles. The molecule has 2 rings (SSSR count). The van der Waals surface area contributed by atoms with E-state index in [9.17, 15) is 9.59 Å².